The van der Waals surface area contributed by atoms with Crippen LogP contribution in [0.4, 0.5) is 13.2 Å². The molecule has 3 rings (SSSR count). The molecule has 0 spiro atoms. The van der Waals surface area contributed by atoms with Gasteiger partial charge in [0.25, 0.3) is 0 Å². The van der Waals surface area contributed by atoms with Crippen LogP contribution in [0.5, 0.6) is 0 Å². The molecule has 2 aliphatic heterocycles. The number of nitrogens with zero attached hydrogens (tertiary/aromatic N) is 2. The van der Waals surface area contributed by atoms with Crippen molar-refractivity contribution in [2.24, 2.45) is 0 Å². The normalized spacial score (nSPS) is 25.6. The van der Waals surface area contributed by atoms with E-state index in [-0.39, 0.29) is 16.5 Å². The Kier molecular flexibility index (Phi) is 5.60. The Balaban J connectivity index is 1.70. The predicted molar refractivity (Wildman–Crippen MR) is 92.3 cm³/mol. The van der Waals surface area contributed by atoms with Crippen molar-refractivity contribution in [2.45, 2.75) is 23.7 Å². The molecule has 0 aliphatic carbocycles. The summed E-state index contributed by atoms with van der Waals surface area (Å²) in [6, 6.07) is 5.17. The zero-order valence-electron chi connectivity index (χ0n) is 14.1. The molecule has 0 aromatic heterocycles. The number of thioether (sulfide) groups is 1. The van der Waals surface area contributed by atoms with Crippen molar-refractivity contribution in [1.29, 1.82) is 0 Å². The Bertz CT molecular complexity index is 602. The number of amides is 1. The van der Waals surface area contributed by atoms with Gasteiger partial charge in [0.15, 0.2) is 0 Å². The third-order valence-electron chi connectivity index (χ3n) is 4.64. The second-order valence-electron chi connectivity index (χ2n) is 6.37. The number of nitrogens with one attached hydrogen (secondary N) is 1. The van der Waals surface area contributed by atoms with E-state index in [4.69, 9.17) is 0 Å². The van der Waals surface area contributed by atoms with E-state index < -0.39 is 11.7 Å². The highest BCUT2D eigenvalue weighted by atomic mass is 32.2. The van der Waals surface area contributed by atoms with E-state index in [1.54, 1.807) is 4.90 Å². The molecule has 1 aromatic rings. The summed E-state index contributed by atoms with van der Waals surface area (Å²) in [6.07, 6.45) is -4.34. The summed E-state index contributed by atoms with van der Waals surface area (Å²) >= 11 is 1.50. The van der Waals surface area contributed by atoms with Gasteiger partial charge < -0.3 is 10.2 Å². The van der Waals surface area contributed by atoms with Crippen LogP contribution in [0, 0.1) is 0 Å². The highest BCUT2D eigenvalue weighted by molar-refractivity contribution is 8.01. The van der Waals surface area contributed by atoms with Gasteiger partial charge in [0.2, 0.25) is 5.91 Å². The fourth-order valence-corrected chi connectivity index (χ4v) is 4.49. The fraction of sp³-hybridized carbons (Fsp3) is 0.588. The maximum atomic E-state index is 12.7. The zero-order chi connectivity index (χ0) is 18.0. The third kappa shape index (κ3) is 4.30. The van der Waals surface area contributed by atoms with Gasteiger partial charge in [-0.25, -0.2) is 0 Å². The molecule has 25 heavy (non-hydrogen) atoms. The molecule has 2 atom stereocenters. The molecule has 2 saturated heterocycles. The fourth-order valence-electron chi connectivity index (χ4n) is 3.18. The minimum Gasteiger partial charge on any atom is -0.324 e. The van der Waals surface area contributed by atoms with Crippen molar-refractivity contribution in [2.75, 3.05) is 39.3 Å². The van der Waals surface area contributed by atoms with E-state index in [9.17, 15) is 18.0 Å². The highest BCUT2D eigenvalue weighted by Crippen LogP contribution is 2.43. The zero-order valence-corrected chi connectivity index (χ0v) is 14.9. The Labute approximate surface area is 149 Å². The summed E-state index contributed by atoms with van der Waals surface area (Å²) in [6.45, 7) is 7.04. The van der Waals surface area contributed by atoms with Crippen LogP contribution >= 0.6 is 11.8 Å². The number of hydrogen-bond acceptors (Lipinski definition) is 4. The van der Waals surface area contributed by atoms with Crippen molar-refractivity contribution in [3.05, 3.63) is 35.4 Å². The van der Waals surface area contributed by atoms with Crippen molar-refractivity contribution >= 4 is 17.7 Å². The summed E-state index contributed by atoms with van der Waals surface area (Å²) in [5.74, 6) is 0.0602. The van der Waals surface area contributed by atoms with E-state index in [1.807, 2.05) is 6.92 Å². The lowest BCUT2D eigenvalue weighted by Gasteiger charge is -2.31. The second kappa shape index (κ2) is 7.55. The van der Waals surface area contributed by atoms with Crippen molar-refractivity contribution < 1.29 is 18.0 Å². The molecular weight excluding hydrogens is 351 g/mol. The van der Waals surface area contributed by atoms with Gasteiger partial charge in [-0.05, 0) is 24.6 Å². The molecule has 8 heteroatoms. The molecule has 4 nitrogen and oxygen atoms in total. The quantitative estimate of drug-likeness (QED) is 0.880. The van der Waals surface area contributed by atoms with E-state index in [2.05, 4.69) is 10.2 Å². The summed E-state index contributed by atoms with van der Waals surface area (Å²) in [5.41, 5.74) is 0.0852. The minimum atomic E-state index is -4.34. The SMILES string of the molecule is C[C@H]1S[C@H](c2ccc(C(F)(F)F)cc2)N(CCN2CCNCC2)C1=O. The van der Waals surface area contributed by atoms with Gasteiger partial charge in [-0.15, -0.1) is 11.8 Å². The third-order valence-corrected chi connectivity index (χ3v) is 6.03. The highest BCUT2D eigenvalue weighted by Gasteiger charge is 2.39. The molecule has 1 amide bonds. The molecular formula is C17H22F3N3OS. The molecule has 138 valence electrons. The van der Waals surface area contributed by atoms with E-state index in [1.165, 1.54) is 23.9 Å². The van der Waals surface area contributed by atoms with Gasteiger partial charge in [-0.2, -0.15) is 13.2 Å². The molecule has 0 radical (unpaired) electrons. The molecule has 1 aromatic carbocycles. The summed E-state index contributed by atoms with van der Waals surface area (Å²) in [4.78, 5) is 16.6. The smallest absolute Gasteiger partial charge is 0.324 e. The number of carbonyl (C=O) groups is 1. The molecule has 0 bridgehead atoms. The Morgan fingerprint density at radius 2 is 1.80 bits per heavy atom. The number of carbonyl (C=O) groups excluding carboxylic acids is 1. The monoisotopic (exact) mass is 373 g/mol. The first-order valence-electron chi connectivity index (χ1n) is 8.42. The molecule has 0 saturated carbocycles. The lowest BCUT2D eigenvalue weighted by Crippen LogP contribution is -2.46. The molecule has 2 fully saturated rings. The summed E-state index contributed by atoms with van der Waals surface area (Å²) in [7, 11) is 0. The van der Waals surface area contributed by atoms with Crippen LogP contribution in [0.15, 0.2) is 24.3 Å². The first-order chi connectivity index (χ1) is 11.9. The Hall–Kier alpha value is -1.25. The summed E-state index contributed by atoms with van der Waals surface area (Å²) in [5, 5.41) is 2.91. The molecule has 0 unspecified atom stereocenters. The maximum Gasteiger partial charge on any atom is 0.416 e. The number of alkyl halides is 3. The predicted octanol–water partition coefficient (Wildman–Crippen LogP) is 2.57. The van der Waals surface area contributed by atoms with Gasteiger partial charge in [-0.3, -0.25) is 9.69 Å². The van der Waals surface area contributed by atoms with Gasteiger partial charge in [0, 0.05) is 39.3 Å². The Morgan fingerprint density at radius 3 is 2.40 bits per heavy atom. The van der Waals surface area contributed by atoms with Gasteiger partial charge in [0.05, 0.1) is 10.8 Å². The van der Waals surface area contributed by atoms with Crippen LogP contribution in [-0.4, -0.2) is 60.2 Å². The first kappa shape index (κ1) is 18.5. The number of piperazine rings is 1. The number of halogens is 3. The van der Waals surface area contributed by atoms with E-state index >= 15 is 0 Å². The van der Waals surface area contributed by atoms with E-state index in [0.717, 1.165) is 50.4 Å². The van der Waals surface area contributed by atoms with Crippen LogP contribution in [0.3, 0.4) is 0 Å². The molecule has 1 N–H and O–H groups in total. The van der Waals surface area contributed by atoms with Crippen LogP contribution in [-0.2, 0) is 11.0 Å². The average molecular weight is 373 g/mol. The van der Waals surface area contributed by atoms with Gasteiger partial charge >= 0.3 is 6.18 Å². The van der Waals surface area contributed by atoms with Gasteiger partial charge in [0.1, 0.15) is 5.37 Å². The van der Waals surface area contributed by atoms with E-state index in [0.29, 0.717) is 6.54 Å². The van der Waals surface area contributed by atoms with Crippen LogP contribution in [0.2, 0.25) is 0 Å². The second-order valence-corrected chi connectivity index (χ2v) is 7.80. The average Bonchev–Trinajstić information content (AvgIpc) is 2.88. The lowest BCUT2D eigenvalue weighted by molar-refractivity contribution is -0.137. The molecule has 2 aliphatic rings. The number of hydrogen-bond donors (Lipinski definition) is 1. The summed E-state index contributed by atoms with van der Waals surface area (Å²) < 4.78 is 38.2. The lowest BCUT2D eigenvalue weighted by atomic mass is 10.1. The van der Waals surface area contributed by atoms with Crippen molar-refractivity contribution in [3.8, 4) is 0 Å². The van der Waals surface area contributed by atoms with Crippen LogP contribution in [0.1, 0.15) is 23.4 Å². The topological polar surface area (TPSA) is 35.6 Å². The molecule has 2 heterocycles. The van der Waals surface area contributed by atoms with Crippen LogP contribution in [0.25, 0.3) is 0 Å². The largest absolute Gasteiger partial charge is 0.416 e. The first-order valence-corrected chi connectivity index (χ1v) is 9.37. The number of rotatable bonds is 4. The number of benzene rings is 1. The minimum absolute atomic E-state index is 0.0602. The van der Waals surface area contributed by atoms with Gasteiger partial charge in [-0.1, -0.05) is 12.1 Å². The van der Waals surface area contributed by atoms with Crippen molar-refractivity contribution in [1.82, 2.24) is 15.1 Å². The maximum absolute atomic E-state index is 12.7. The van der Waals surface area contributed by atoms with Crippen LogP contribution < -0.4 is 5.32 Å². The van der Waals surface area contributed by atoms with Crippen molar-refractivity contribution in [3.63, 3.8) is 0 Å². The standard InChI is InChI=1S/C17H22F3N3OS/c1-12-15(24)23(11-10-22-8-6-21-7-9-22)16(25-12)13-2-4-14(5-3-13)17(18,19)20/h2-5,12,16,21H,6-11H2,1H3/t12-,16-/m1/s1. The Morgan fingerprint density at radius 1 is 1.16 bits per heavy atom.